The Bertz CT molecular complexity index is 2510. The molecule has 0 amide bonds. The van der Waals surface area contributed by atoms with Crippen LogP contribution in [0.25, 0.3) is 78.1 Å². The van der Waals surface area contributed by atoms with Crippen molar-refractivity contribution in [3.63, 3.8) is 0 Å². The van der Waals surface area contributed by atoms with E-state index in [0.29, 0.717) is 5.82 Å². The Labute approximate surface area is 287 Å². The van der Waals surface area contributed by atoms with Crippen LogP contribution >= 0.6 is 0 Å². The fraction of sp³-hybridized carbons (Fsp3) is 0.0638. The van der Waals surface area contributed by atoms with Gasteiger partial charge < -0.3 is 0 Å². The molecule has 0 N–H and O–H groups in total. The maximum atomic E-state index is 5.50. The Hall–Kier alpha value is -6.12. The zero-order valence-electron chi connectivity index (χ0n) is 27.6. The first kappa shape index (κ1) is 29.1. The molecule has 8 aromatic rings. The number of hydrogen-bond donors (Lipinski definition) is 0. The summed E-state index contributed by atoms with van der Waals surface area (Å²) in [6.45, 7) is 4.68. The molecule has 49 heavy (non-hydrogen) atoms. The van der Waals surface area contributed by atoms with Gasteiger partial charge in [-0.25, -0.2) is 9.97 Å². The highest BCUT2D eigenvalue weighted by Gasteiger charge is 2.36. The average molecular weight is 627 g/mol. The van der Waals surface area contributed by atoms with Crippen LogP contribution in [0.5, 0.6) is 0 Å². The zero-order chi connectivity index (χ0) is 33.0. The third-order valence-corrected chi connectivity index (χ3v) is 10.1. The topological polar surface area (TPSA) is 25.8 Å². The van der Waals surface area contributed by atoms with Gasteiger partial charge in [-0.3, -0.25) is 0 Å². The van der Waals surface area contributed by atoms with Crippen molar-refractivity contribution in [2.75, 3.05) is 0 Å². The molecule has 0 spiro atoms. The molecular formula is C47H34N2. The van der Waals surface area contributed by atoms with Crippen molar-refractivity contribution < 1.29 is 0 Å². The van der Waals surface area contributed by atoms with Gasteiger partial charge in [0.25, 0.3) is 0 Å². The largest absolute Gasteiger partial charge is 0.228 e. The highest BCUT2D eigenvalue weighted by Crippen LogP contribution is 2.53. The van der Waals surface area contributed by atoms with Crippen LogP contribution in [0.15, 0.2) is 170 Å². The van der Waals surface area contributed by atoms with Gasteiger partial charge in [-0.1, -0.05) is 172 Å². The number of aromatic nitrogens is 2. The lowest BCUT2D eigenvalue weighted by Gasteiger charge is -2.22. The minimum atomic E-state index is -0.0931. The third kappa shape index (κ3) is 4.79. The maximum Gasteiger partial charge on any atom is 0.161 e. The molecule has 1 aromatic heterocycles. The first-order valence-electron chi connectivity index (χ1n) is 16.9. The fourth-order valence-corrected chi connectivity index (χ4v) is 7.74. The van der Waals surface area contributed by atoms with E-state index in [4.69, 9.17) is 9.97 Å². The van der Waals surface area contributed by atoms with E-state index >= 15 is 0 Å². The molecule has 1 aliphatic rings. The summed E-state index contributed by atoms with van der Waals surface area (Å²) >= 11 is 0. The van der Waals surface area contributed by atoms with Gasteiger partial charge in [-0.2, -0.15) is 0 Å². The predicted octanol–water partition coefficient (Wildman–Crippen LogP) is 12.3. The van der Waals surface area contributed by atoms with Gasteiger partial charge in [0.2, 0.25) is 0 Å². The van der Waals surface area contributed by atoms with Gasteiger partial charge in [0.1, 0.15) is 0 Å². The van der Waals surface area contributed by atoms with E-state index in [1.165, 1.54) is 33.4 Å². The van der Waals surface area contributed by atoms with Crippen molar-refractivity contribution in [1.29, 1.82) is 0 Å². The SMILES string of the molecule is CC1(C)c2ccccc2-c2c(-c3cccc4nc(-c5ccccc5-c5ccccc5)nc(-c5cccc(-c6ccccc6)c5)c34)cccc21. The highest BCUT2D eigenvalue weighted by atomic mass is 14.9. The molecule has 0 aliphatic heterocycles. The van der Waals surface area contributed by atoms with Gasteiger partial charge in [-0.05, 0) is 67.8 Å². The second kappa shape index (κ2) is 11.5. The van der Waals surface area contributed by atoms with Crippen LogP contribution in [0, 0.1) is 0 Å². The lowest BCUT2D eigenvalue weighted by atomic mass is 9.82. The molecule has 0 saturated carbocycles. The first-order valence-corrected chi connectivity index (χ1v) is 16.9. The molecule has 1 aliphatic carbocycles. The Morgan fingerprint density at radius 2 is 0.939 bits per heavy atom. The fourth-order valence-electron chi connectivity index (χ4n) is 7.74. The summed E-state index contributed by atoms with van der Waals surface area (Å²) < 4.78 is 0. The van der Waals surface area contributed by atoms with E-state index in [9.17, 15) is 0 Å². The molecule has 0 fully saturated rings. The minimum absolute atomic E-state index is 0.0931. The molecular weight excluding hydrogens is 593 g/mol. The van der Waals surface area contributed by atoms with E-state index < -0.39 is 0 Å². The Kier molecular flexibility index (Phi) is 6.84. The maximum absolute atomic E-state index is 5.50. The monoisotopic (exact) mass is 626 g/mol. The van der Waals surface area contributed by atoms with Crippen LogP contribution in [0.2, 0.25) is 0 Å². The van der Waals surface area contributed by atoms with E-state index in [-0.39, 0.29) is 5.41 Å². The molecule has 1 heterocycles. The van der Waals surface area contributed by atoms with E-state index in [2.05, 4.69) is 184 Å². The molecule has 0 unspecified atom stereocenters. The van der Waals surface area contributed by atoms with E-state index in [0.717, 1.165) is 50.0 Å². The van der Waals surface area contributed by atoms with Gasteiger partial charge in [0.05, 0.1) is 11.2 Å². The molecule has 232 valence electrons. The Balaban J connectivity index is 1.35. The molecule has 0 saturated heterocycles. The minimum Gasteiger partial charge on any atom is -0.228 e. The summed E-state index contributed by atoms with van der Waals surface area (Å²) in [4.78, 5) is 10.8. The molecule has 0 bridgehead atoms. The number of fused-ring (bicyclic) bond motifs is 4. The predicted molar refractivity (Wildman–Crippen MR) is 204 cm³/mol. The molecule has 9 rings (SSSR count). The quantitative estimate of drug-likeness (QED) is 0.190. The molecule has 2 heteroatoms. The number of nitrogens with zero attached hydrogens (tertiary/aromatic N) is 2. The average Bonchev–Trinajstić information content (AvgIpc) is 3.41. The lowest BCUT2D eigenvalue weighted by Crippen LogP contribution is -2.14. The van der Waals surface area contributed by atoms with Crippen LogP contribution < -0.4 is 0 Å². The second-order valence-corrected chi connectivity index (χ2v) is 13.4. The Morgan fingerprint density at radius 1 is 0.388 bits per heavy atom. The van der Waals surface area contributed by atoms with Crippen LogP contribution in [0.1, 0.15) is 25.0 Å². The van der Waals surface area contributed by atoms with Gasteiger partial charge in [-0.15, -0.1) is 0 Å². The summed E-state index contributed by atoms with van der Waals surface area (Å²) in [5.41, 5.74) is 16.1. The van der Waals surface area contributed by atoms with E-state index in [1.54, 1.807) is 0 Å². The zero-order valence-corrected chi connectivity index (χ0v) is 27.6. The number of rotatable bonds is 5. The third-order valence-electron chi connectivity index (χ3n) is 10.1. The van der Waals surface area contributed by atoms with Crippen LogP contribution in [0.3, 0.4) is 0 Å². The van der Waals surface area contributed by atoms with Crippen molar-refractivity contribution in [3.8, 4) is 67.2 Å². The van der Waals surface area contributed by atoms with Crippen LogP contribution in [-0.4, -0.2) is 9.97 Å². The van der Waals surface area contributed by atoms with Gasteiger partial charge >= 0.3 is 0 Å². The van der Waals surface area contributed by atoms with Gasteiger partial charge in [0, 0.05) is 21.9 Å². The standard InChI is InChI=1S/C47H34N2/c1-47(2)40-27-12-11-24-39(40)43-36(25-14-28-41(43)47)37-26-15-29-42-44(37)45(34-21-13-20-33(30-34)31-16-5-3-6-17-31)49-46(48-42)38-23-10-9-22-35(38)32-18-7-4-8-19-32/h3-30H,1-2H3. The molecule has 7 aromatic carbocycles. The summed E-state index contributed by atoms with van der Waals surface area (Å²) in [7, 11) is 0. The van der Waals surface area contributed by atoms with Crippen LogP contribution in [0.4, 0.5) is 0 Å². The lowest BCUT2D eigenvalue weighted by molar-refractivity contribution is 0.660. The molecule has 0 atom stereocenters. The second-order valence-electron chi connectivity index (χ2n) is 13.4. The van der Waals surface area contributed by atoms with Crippen LogP contribution in [-0.2, 0) is 5.41 Å². The van der Waals surface area contributed by atoms with Crippen molar-refractivity contribution in [2.45, 2.75) is 19.3 Å². The first-order chi connectivity index (χ1) is 24.1. The summed E-state index contributed by atoms with van der Waals surface area (Å²) in [6.07, 6.45) is 0. The summed E-state index contributed by atoms with van der Waals surface area (Å²) in [6, 6.07) is 60.5. The van der Waals surface area contributed by atoms with Crippen molar-refractivity contribution in [1.82, 2.24) is 9.97 Å². The number of hydrogen-bond acceptors (Lipinski definition) is 2. The summed E-state index contributed by atoms with van der Waals surface area (Å²) in [5, 5.41) is 1.06. The highest BCUT2D eigenvalue weighted by molar-refractivity contribution is 6.08. The normalized spacial score (nSPS) is 12.9. The van der Waals surface area contributed by atoms with Crippen molar-refractivity contribution in [2.24, 2.45) is 0 Å². The molecule has 0 radical (unpaired) electrons. The summed E-state index contributed by atoms with van der Waals surface area (Å²) in [5.74, 6) is 0.717. The number of benzene rings is 7. The molecule has 2 nitrogen and oxygen atoms in total. The Morgan fingerprint density at radius 3 is 1.73 bits per heavy atom. The van der Waals surface area contributed by atoms with Crippen molar-refractivity contribution in [3.05, 3.63) is 181 Å². The van der Waals surface area contributed by atoms with Crippen molar-refractivity contribution >= 4 is 10.9 Å². The smallest absolute Gasteiger partial charge is 0.161 e. The van der Waals surface area contributed by atoms with Gasteiger partial charge in [0.15, 0.2) is 5.82 Å². The van der Waals surface area contributed by atoms with E-state index in [1.807, 2.05) is 0 Å².